The Hall–Kier alpha value is -1.03. The second-order valence-corrected chi connectivity index (χ2v) is 4.44. The highest BCUT2D eigenvalue weighted by atomic mass is 79.9. The van der Waals surface area contributed by atoms with Gasteiger partial charge in [0.05, 0.1) is 11.6 Å². The van der Waals surface area contributed by atoms with Gasteiger partial charge in [-0.05, 0) is 24.6 Å². The minimum atomic E-state index is -4.40. The lowest BCUT2D eigenvalue weighted by atomic mass is 10.0. The minimum Gasteiger partial charge on any atom is -0.271 e. The van der Waals surface area contributed by atoms with Crippen LogP contribution in [0.1, 0.15) is 30.5 Å². The molecule has 0 saturated carbocycles. The van der Waals surface area contributed by atoms with Crippen molar-refractivity contribution in [2.75, 3.05) is 0 Å². The number of hydrogen-bond acceptors (Lipinski definition) is 2. The van der Waals surface area contributed by atoms with E-state index in [1.807, 2.05) is 0 Å². The predicted octanol–water partition coefficient (Wildman–Crippen LogP) is 3.39. The molecule has 1 unspecified atom stereocenters. The largest absolute Gasteiger partial charge is 0.417 e. The Balaban J connectivity index is 3.12. The van der Waals surface area contributed by atoms with Crippen molar-refractivity contribution in [3.8, 4) is 11.8 Å². The molecule has 1 rings (SSSR count). The van der Waals surface area contributed by atoms with Crippen LogP contribution in [0.25, 0.3) is 0 Å². The predicted molar refractivity (Wildman–Crippen MR) is 67.3 cm³/mol. The maximum Gasteiger partial charge on any atom is 0.417 e. The number of benzene rings is 1. The highest BCUT2D eigenvalue weighted by Crippen LogP contribution is 2.36. The molecular weight excluding hydrogens is 309 g/mol. The van der Waals surface area contributed by atoms with Gasteiger partial charge < -0.3 is 0 Å². The normalized spacial score (nSPS) is 12.8. The van der Waals surface area contributed by atoms with Gasteiger partial charge in [0, 0.05) is 10.9 Å². The van der Waals surface area contributed by atoms with E-state index in [2.05, 4.69) is 33.2 Å². The maximum absolute atomic E-state index is 12.7. The SMILES string of the molecule is CC#CCC(NN)c1ccc(Br)c(C(F)(F)F)c1. The van der Waals surface area contributed by atoms with Gasteiger partial charge in [-0.25, -0.2) is 0 Å². The number of nitrogens with one attached hydrogen (secondary N) is 1. The van der Waals surface area contributed by atoms with Gasteiger partial charge in [0.1, 0.15) is 0 Å². The summed E-state index contributed by atoms with van der Waals surface area (Å²) in [7, 11) is 0. The van der Waals surface area contributed by atoms with Crippen LogP contribution < -0.4 is 11.3 Å². The first-order valence-electron chi connectivity index (χ1n) is 5.12. The number of hydrogen-bond donors (Lipinski definition) is 2. The van der Waals surface area contributed by atoms with Gasteiger partial charge in [0.2, 0.25) is 0 Å². The lowest BCUT2D eigenvalue weighted by Crippen LogP contribution is -2.28. The molecule has 0 aromatic heterocycles. The summed E-state index contributed by atoms with van der Waals surface area (Å²) in [6.07, 6.45) is -4.05. The molecule has 1 aromatic rings. The number of hydrazine groups is 1. The summed E-state index contributed by atoms with van der Waals surface area (Å²) in [6.45, 7) is 1.66. The summed E-state index contributed by atoms with van der Waals surface area (Å²) < 4.78 is 38.2. The molecule has 98 valence electrons. The number of alkyl halides is 3. The van der Waals surface area contributed by atoms with Crippen LogP contribution in [0, 0.1) is 11.8 Å². The van der Waals surface area contributed by atoms with Gasteiger partial charge in [-0.1, -0.05) is 22.0 Å². The molecule has 0 amide bonds. The fourth-order valence-corrected chi connectivity index (χ4v) is 1.93. The van der Waals surface area contributed by atoms with Gasteiger partial charge in [0.15, 0.2) is 0 Å². The highest BCUT2D eigenvalue weighted by Gasteiger charge is 2.33. The third-order valence-corrected chi connectivity index (χ3v) is 3.07. The summed E-state index contributed by atoms with van der Waals surface area (Å²) in [4.78, 5) is 0. The molecule has 0 radical (unpaired) electrons. The van der Waals surface area contributed by atoms with E-state index in [0.29, 0.717) is 12.0 Å². The van der Waals surface area contributed by atoms with Crippen molar-refractivity contribution >= 4 is 15.9 Å². The van der Waals surface area contributed by atoms with Crippen LogP contribution in [-0.4, -0.2) is 0 Å². The van der Waals surface area contributed by atoms with E-state index in [4.69, 9.17) is 5.84 Å². The molecule has 0 spiro atoms. The van der Waals surface area contributed by atoms with E-state index in [-0.39, 0.29) is 4.47 Å². The molecule has 3 N–H and O–H groups in total. The van der Waals surface area contributed by atoms with E-state index in [1.165, 1.54) is 6.07 Å². The zero-order valence-corrected chi connectivity index (χ0v) is 11.2. The van der Waals surface area contributed by atoms with Crippen LogP contribution in [0.15, 0.2) is 22.7 Å². The summed E-state index contributed by atoms with van der Waals surface area (Å²) in [5, 5.41) is 0. The first kappa shape index (κ1) is 15.0. The van der Waals surface area contributed by atoms with Gasteiger partial charge in [-0.3, -0.25) is 11.3 Å². The van der Waals surface area contributed by atoms with Crippen LogP contribution in [0.4, 0.5) is 13.2 Å². The average Bonchev–Trinajstić information content (AvgIpc) is 2.30. The van der Waals surface area contributed by atoms with Crippen LogP contribution in [-0.2, 0) is 6.18 Å². The van der Waals surface area contributed by atoms with E-state index in [9.17, 15) is 13.2 Å². The van der Waals surface area contributed by atoms with Gasteiger partial charge >= 0.3 is 6.18 Å². The topological polar surface area (TPSA) is 38.0 Å². The third kappa shape index (κ3) is 3.73. The van der Waals surface area contributed by atoms with Crippen molar-refractivity contribution in [1.29, 1.82) is 0 Å². The Morgan fingerprint density at radius 1 is 1.44 bits per heavy atom. The summed E-state index contributed by atoms with van der Waals surface area (Å²) in [5.41, 5.74) is 2.20. The Morgan fingerprint density at radius 3 is 2.61 bits per heavy atom. The van der Waals surface area contributed by atoms with Crippen LogP contribution in [0.2, 0.25) is 0 Å². The number of rotatable bonds is 3. The Labute approximate surface area is 112 Å². The molecule has 1 aromatic carbocycles. The molecule has 0 aliphatic carbocycles. The molecule has 0 saturated heterocycles. The quantitative estimate of drug-likeness (QED) is 0.509. The van der Waals surface area contributed by atoms with E-state index in [1.54, 1.807) is 13.0 Å². The molecule has 6 heteroatoms. The molecule has 0 aliphatic heterocycles. The smallest absolute Gasteiger partial charge is 0.271 e. The highest BCUT2D eigenvalue weighted by molar-refractivity contribution is 9.10. The van der Waals surface area contributed by atoms with Crippen LogP contribution in [0.3, 0.4) is 0 Å². The minimum absolute atomic E-state index is 0.0103. The first-order chi connectivity index (χ1) is 8.40. The molecule has 0 heterocycles. The summed E-state index contributed by atoms with van der Waals surface area (Å²) >= 11 is 2.89. The zero-order valence-electron chi connectivity index (χ0n) is 9.61. The molecule has 18 heavy (non-hydrogen) atoms. The molecule has 1 atom stereocenters. The summed E-state index contributed by atoms with van der Waals surface area (Å²) in [5.74, 6) is 10.8. The molecular formula is C12H12BrF3N2. The Morgan fingerprint density at radius 2 is 2.11 bits per heavy atom. The summed E-state index contributed by atoms with van der Waals surface area (Å²) in [6, 6.07) is 3.60. The van der Waals surface area contributed by atoms with Gasteiger partial charge in [-0.15, -0.1) is 11.8 Å². The first-order valence-corrected chi connectivity index (χ1v) is 5.91. The number of nitrogens with two attached hydrogens (primary N) is 1. The fraction of sp³-hybridized carbons (Fsp3) is 0.333. The van der Waals surface area contributed by atoms with Crippen LogP contribution in [0.5, 0.6) is 0 Å². The fourth-order valence-electron chi connectivity index (χ4n) is 1.45. The van der Waals surface area contributed by atoms with Gasteiger partial charge in [-0.2, -0.15) is 13.2 Å². The van der Waals surface area contributed by atoms with Crippen molar-refractivity contribution in [2.24, 2.45) is 5.84 Å². The lowest BCUT2D eigenvalue weighted by molar-refractivity contribution is -0.138. The average molecular weight is 321 g/mol. The third-order valence-electron chi connectivity index (χ3n) is 2.38. The Bertz CT molecular complexity index is 474. The van der Waals surface area contributed by atoms with Crippen LogP contribution >= 0.6 is 15.9 Å². The van der Waals surface area contributed by atoms with Gasteiger partial charge in [0.25, 0.3) is 0 Å². The molecule has 0 bridgehead atoms. The van der Waals surface area contributed by atoms with E-state index >= 15 is 0 Å². The van der Waals surface area contributed by atoms with Crippen molar-refractivity contribution in [2.45, 2.75) is 25.6 Å². The van der Waals surface area contributed by atoms with Crippen molar-refractivity contribution in [3.05, 3.63) is 33.8 Å². The van der Waals surface area contributed by atoms with E-state index in [0.717, 1.165) is 6.07 Å². The van der Waals surface area contributed by atoms with E-state index < -0.39 is 17.8 Å². The molecule has 0 fully saturated rings. The Kier molecular flexibility index (Phi) is 5.20. The van der Waals surface area contributed by atoms with Crippen molar-refractivity contribution < 1.29 is 13.2 Å². The lowest BCUT2D eigenvalue weighted by Gasteiger charge is -2.16. The van der Waals surface area contributed by atoms with Crippen molar-refractivity contribution in [3.63, 3.8) is 0 Å². The second-order valence-electron chi connectivity index (χ2n) is 3.59. The van der Waals surface area contributed by atoms with Crippen molar-refractivity contribution in [1.82, 2.24) is 5.43 Å². The monoisotopic (exact) mass is 320 g/mol. The zero-order chi connectivity index (χ0) is 13.8. The maximum atomic E-state index is 12.7. The second kappa shape index (κ2) is 6.23. The molecule has 2 nitrogen and oxygen atoms in total. The standard InChI is InChI=1S/C12H12BrF3N2/c1-2-3-4-11(18-17)8-5-6-10(13)9(7-8)12(14,15)16/h5-7,11,18H,4,17H2,1H3. The number of halogens is 4. The molecule has 0 aliphatic rings.